The number of nitrogens with one attached hydrogen (secondary N) is 1. The number of amides is 1. The highest BCUT2D eigenvalue weighted by molar-refractivity contribution is 7.07. The molecule has 100 valence electrons. The van der Waals surface area contributed by atoms with Gasteiger partial charge in [-0.1, -0.05) is 0 Å². The smallest absolute Gasteiger partial charge is 0.251 e. The van der Waals surface area contributed by atoms with Crippen LogP contribution in [0.2, 0.25) is 0 Å². The largest absolute Gasteiger partial charge is 0.492 e. The van der Waals surface area contributed by atoms with Crippen LogP contribution < -0.4 is 15.8 Å². The maximum atomic E-state index is 11.9. The van der Waals surface area contributed by atoms with E-state index in [-0.39, 0.29) is 5.91 Å². The quantitative estimate of drug-likeness (QED) is 0.820. The first kappa shape index (κ1) is 13.4. The predicted octanol–water partition coefficient (Wildman–Crippen LogP) is 2.05. The lowest BCUT2D eigenvalue weighted by molar-refractivity contribution is 0.0950. The van der Waals surface area contributed by atoms with E-state index >= 15 is 0 Å². The second kappa shape index (κ2) is 6.19. The Morgan fingerprint density at radius 3 is 3.00 bits per heavy atom. The molecule has 2 aromatic rings. The fourth-order valence-corrected chi connectivity index (χ4v) is 2.13. The van der Waals surface area contributed by atoms with E-state index in [1.54, 1.807) is 23.7 Å². The zero-order chi connectivity index (χ0) is 13.7. The minimum atomic E-state index is -0.178. The van der Waals surface area contributed by atoms with Crippen molar-refractivity contribution >= 4 is 22.9 Å². The van der Waals surface area contributed by atoms with Gasteiger partial charge in [0.2, 0.25) is 0 Å². The topological polar surface area (TPSA) is 77.2 Å². The van der Waals surface area contributed by atoms with Crippen molar-refractivity contribution in [2.75, 3.05) is 12.3 Å². The molecule has 0 aliphatic heterocycles. The van der Waals surface area contributed by atoms with Gasteiger partial charge in [0.25, 0.3) is 5.91 Å². The summed E-state index contributed by atoms with van der Waals surface area (Å²) in [5.41, 5.74) is 9.37. The van der Waals surface area contributed by atoms with E-state index < -0.39 is 0 Å². The summed E-state index contributed by atoms with van der Waals surface area (Å²) in [6.45, 7) is 2.84. The summed E-state index contributed by atoms with van der Waals surface area (Å²) in [6.07, 6.45) is 0. The van der Waals surface area contributed by atoms with Gasteiger partial charge in [-0.25, -0.2) is 4.98 Å². The molecule has 0 bridgehead atoms. The van der Waals surface area contributed by atoms with E-state index in [9.17, 15) is 4.79 Å². The number of ether oxygens (including phenoxy) is 1. The summed E-state index contributed by atoms with van der Waals surface area (Å²) < 4.78 is 5.32. The number of carbonyl (C=O) groups excluding carboxylic acids is 1. The molecule has 5 nitrogen and oxygen atoms in total. The second-order valence-corrected chi connectivity index (χ2v) is 4.57. The molecule has 0 aliphatic carbocycles. The third kappa shape index (κ3) is 3.45. The van der Waals surface area contributed by atoms with E-state index in [1.165, 1.54) is 11.3 Å². The lowest BCUT2D eigenvalue weighted by atomic mass is 10.1. The van der Waals surface area contributed by atoms with Crippen molar-refractivity contribution in [2.45, 2.75) is 13.5 Å². The molecule has 0 fully saturated rings. The number of nitrogen functional groups attached to an aromatic ring is 1. The zero-order valence-corrected chi connectivity index (χ0v) is 11.4. The van der Waals surface area contributed by atoms with Gasteiger partial charge >= 0.3 is 0 Å². The monoisotopic (exact) mass is 277 g/mol. The number of rotatable bonds is 5. The SMILES string of the molecule is CCOc1ccc(C(=O)NCc2cscn2)cc1N. The molecular formula is C13H15N3O2S. The molecule has 3 N–H and O–H groups in total. The Balaban J connectivity index is 2.01. The van der Waals surface area contributed by atoms with Crippen LogP contribution in [-0.2, 0) is 6.54 Å². The van der Waals surface area contributed by atoms with Crippen molar-refractivity contribution in [2.24, 2.45) is 0 Å². The molecule has 6 heteroatoms. The number of benzene rings is 1. The first-order valence-electron chi connectivity index (χ1n) is 5.88. The third-order valence-corrected chi connectivity index (χ3v) is 3.12. The van der Waals surface area contributed by atoms with Crippen LogP contribution in [0.25, 0.3) is 0 Å². The van der Waals surface area contributed by atoms with Crippen molar-refractivity contribution in [1.29, 1.82) is 0 Å². The standard InChI is InChI=1S/C13H15N3O2S/c1-2-18-12-4-3-9(5-11(12)14)13(17)15-6-10-7-19-8-16-10/h3-5,7-8H,2,6,14H2,1H3,(H,15,17). The number of nitrogens with two attached hydrogens (primary N) is 1. The molecule has 0 aliphatic rings. The lowest BCUT2D eigenvalue weighted by Gasteiger charge is -2.09. The number of aromatic nitrogens is 1. The Labute approximate surface area is 115 Å². The number of hydrogen-bond donors (Lipinski definition) is 2. The number of thiazole rings is 1. The first-order chi connectivity index (χ1) is 9.20. The van der Waals surface area contributed by atoms with Gasteiger partial charge in [-0.2, -0.15) is 0 Å². The molecule has 1 amide bonds. The van der Waals surface area contributed by atoms with Gasteiger partial charge in [0.1, 0.15) is 5.75 Å². The van der Waals surface area contributed by atoms with Crippen molar-refractivity contribution in [3.63, 3.8) is 0 Å². The van der Waals surface area contributed by atoms with E-state index in [0.717, 1.165) is 5.69 Å². The van der Waals surface area contributed by atoms with Crippen LogP contribution in [0.3, 0.4) is 0 Å². The maximum Gasteiger partial charge on any atom is 0.251 e. The molecule has 0 radical (unpaired) electrons. The normalized spacial score (nSPS) is 10.2. The van der Waals surface area contributed by atoms with Gasteiger partial charge in [-0.3, -0.25) is 4.79 Å². The summed E-state index contributed by atoms with van der Waals surface area (Å²) >= 11 is 1.50. The van der Waals surface area contributed by atoms with Crippen LogP contribution in [0.5, 0.6) is 5.75 Å². The van der Waals surface area contributed by atoms with Crippen LogP contribution >= 0.6 is 11.3 Å². The van der Waals surface area contributed by atoms with Gasteiger partial charge in [0, 0.05) is 10.9 Å². The van der Waals surface area contributed by atoms with Gasteiger partial charge in [-0.05, 0) is 25.1 Å². The summed E-state index contributed by atoms with van der Waals surface area (Å²) in [5, 5.41) is 4.68. The lowest BCUT2D eigenvalue weighted by Crippen LogP contribution is -2.23. The Morgan fingerprint density at radius 2 is 2.37 bits per heavy atom. The van der Waals surface area contributed by atoms with Crippen LogP contribution in [0, 0.1) is 0 Å². The molecule has 2 rings (SSSR count). The number of anilines is 1. The Hall–Kier alpha value is -2.08. The van der Waals surface area contributed by atoms with Gasteiger partial charge < -0.3 is 15.8 Å². The number of carbonyl (C=O) groups is 1. The van der Waals surface area contributed by atoms with Crippen molar-refractivity contribution in [3.05, 3.63) is 40.3 Å². The fourth-order valence-electron chi connectivity index (χ4n) is 1.57. The third-order valence-electron chi connectivity index (χ3n) is 2.49. The minimum Gasteiger partial charge on any atom is -0.492 e. The zero-order valence-electron chi connectivity index (χ0n) is 10.6. The number of hydrogen-bond acceptors (Lipinski definition) is 5. The predicted molar refractivity (Wildman–Crippen MR) is 75.3 cm³/mol. The molecule has 0 saturated carbocycles. The second-order valence-electron chi connectivity index (χ2n) is 3.85. The van der Waals surface area contributed by atoms with Crippen molar-refractivity contribution < 1.29 is 9.53 Å². The molecule has 0 saturated heterocycles. The van der Waals surface area contributed by atoms with Crippen molar-refractivity contribution in [1.82, 2.24) is 10.3 Å². The summed E-state index contributed by atoms with van der Waals surface area (Å²) in [4.78, 5) is 16.0. The summed E-state index contributed by atoms with van der Waals surface area (Å²) in [7, 11) is 0. The van der Waals surface area contributed by atoms with E-state index in [0.29, 0.717) is 30.2 Å². The van der Waals surface area contributed by atoms with Crippen LogP contribution in [-0.4, -0.2) is 17.5 Å². The molecule has 0 unspecified atom stereocenters. The molecule has 1 heterocycles. The molecule has 1 aromatic carbocycles. The van der Waals surface area contributed by atoms with Crippen molar-refractivity contribution in [3.8, 4) is 5.75 Å². The maximum absolute atomic E-state index is 11.9. The minimum absolute atomic E-state index is 0.178. The highest BCUT2D eigenvalue weighted by Gasteiger charge is 2.09. The molecule has 0 atom stereocenters. The van der Waals surface area contributed by atoms with Gasteiger partial charge in [0.15, 0.2) is 0 Å². The molecular weight excluding hydrogens is 262 g/mol. The Kier molecular flexibility index (Phi) is 4.35. The summed E-state index contributed by atoms with van der Waals surface area (Å²) in [6, 6.07) is 5.01. The average molecular weight is 277 g/mol. The van der Waals surface area contributed by atoms with Gasteiger partial charge in [-0.15, -0.1) is 11.3 Å². The average Bonchev–Trinajstić information content (AvgIpc) is 2.91. The van der Waals surface area contributed by atoms with Crippen LogP contribution in [0.1, 0.15) is 23.0 Å². The first-order valence-corrected chi connectivity index (χ1v) is 6.82. The highest BCUT2D eigenvalue weighted by atomic mass is 32.1. The van der Waals surface area contributed by atoms with E-state index in [2.05, 4.69) is 10.3 Å². The van der Waals surface area contributed by atoms with Crippen LogP contribution in [0.15, 0.2) is 29.1 Å². The Bertz CT molecular complexity index is 555. The van der Waals surface area contributed by atoms with E-state index in [1.807, 2.05) is 12.3 Å². The molecule has 0 spiro atoms. The summed E-state index contributed by atoms with van der Waals surface area (Å²) in [5.74, 6) is 0.418. The Morgan fingerprint density at radius 1 is 1.53 bits per heavy atom. The molecule has 1 aromatic heterocycles. The molecule has 19 heavy (non-hydrogen) atoms. The van der Waals surface area contributed by atoms with E-state index in [4.69, 9.17) is 10.5 Å². The number of nitrogens with zero attached hydrogens (tertiary/aromatic N) is 1. The van der Waals surface area contributed by atoms with Crippen LogP contribution in [0.4, 0.5) is 5.69 Å². The highest BCUT2D eigenvalue weighted by Crippen LogP contribution is 2.22. The fraction of sp³-hybridized carbons (Fsp3) is 0.231. The van der Waals surface area contributed by atoms with Gasteiger partial charge in [0.05, 0.1) is 30.0 Å².